The van der Waals surface area contributed by atoms with Crippen LogP contribution in [0, 0.1) is 0 Å². The fourth-order valence-corrected chi connectivity index (χ4v) is 9.09. The summed E-state index contributed by atoms with van der Waals surface area (Å²) in [5.41, 5.74) is 17.1. The zero-order valence-corrected chi connectivity index (χ0v) is 36.4. The maximum atomic E-state index is 4.58. The van der Waals surface area contributed by atoms with E-state index in [1.54, 1.807) is 0 Å². The maximum absolute atomic E-state index is 4.58. The molecule has 3 aromatic heterocycles. The lowest BCUT2D eigenvalue weighted by Gasteiger charge is -2.17. The Morgan fingerprint density at radius 2 is 0.712 bits per heavy atom. The van der Waals surface area contributed by atoms with E-state index >= 15 is 0 Å². The van der Waals surface area contributed by atoms with E-state index in [-0.39, 0.29) is 0 Å². The van der Waals surface area contributed by atoms with Gasteiger partial charge in [0.1, 0.15) is 0 Å². The van der Waals surface area contributed by atoms with Crippen molar-refractivity contribution in [2.45, 2.75) is 0 Å². The quantitative estimate of drug-likeness (QED) is 0.135. The summed E-state index contributed by atoms with van der Waals surface area (Å²) in [6.45, 7) is 0. The lowest BCUT2D eigenvalue weighted by Crippen LogP contribution is -1.92. The summed E-state index contributed by atoms with van der Waals surface area (Å²) in [4.78, 5) is 13.7. The van der Waals surface area contributed by atoms with Gasteiger partial charge in [-0.2, -0.15) is 0 Å². The molecule has 59 heavy (non-hydrogen) atoms. The van der Waals surface area contributed by atoms with E-state index in [9.17, 15) is 0 Å². The normalized spacial score (nSPS) is 11.2. The number of rotatable bonds is 9. The first-order valence-corrected chi connectivity index (χ1v) is 21.5. The molecule has 0 spiro atoms. The number of hydrogen-bond acceptors (Lipinski definition) is 3. The van der Waals surface area contributed by atoms with Crippen LogP contribution in [0.4, 0.5) is 0 Å². The Hall–Kier alpha value is -6.05. The van der Waals surface area contributed by atoms with E-state index in [0.717, 1.165) is 103 Å². The molecular weight excluding hydrogens is 918 g/mol. The van der Waals surface area contributed by atoms with Gasteiger partial charge in [0.15, 0.2) is 0 Å². The lowest BCUT2D eigenvalue weighted by atomic mass is 9.88. The van der Waals surface area contributed by atoms with Crippen LogP contribution in [0.2, 0.25) is 0 Å². The fraction of sp³-hybridized carbons (Fsp3) is 0. The van der Waals surface area contributed by atoms with Gasteiger partial charge in [0.25, 0.3) is 0 Å². The highest BCUT2D eigenvalue weighted by molar-refractivity contribution is 9.11. The summed E-state index contributed by atoms with van der Waals surface area (Å²) in [6, 6.07) is 61.5. The molecule has 6 aromatic carbocycles. The molecule has 0 amide bonds. The molecule has 0 N–H and O–H groups in total. The zero-order chi connectivity index (χ0) is 40.1. The largest absolute Gasteiger partial charge is 0.256 e. The minimum absolute atomic E-state index is 0.937. The smallest absolute Gasteiger partial charge is 0.0702 e. The van der Waals surface area contributed by atoms with E-state index in [2.05, 4.69) is 196 Å². The molecule has 0 unspecified atom stereocenters. The van der Waals surface area contributed by atoms with Crippen LogP contribution in [0.25, 0.3) is 90.4 Å². The second-order valence-electron chi connectivity index (χ2n) is 14.0. The third-order valence-corrected chi connectivity index (χ3v) is 12.3. The molecular formula is C53H34Br3N3. The number of aromatic nitrogens is 3. The van der Waals surface area contributed by atoms with Crippen molar-refractivity contribution in [3.8, 4) is 78.3 Å². The monoisotopic (exact) mass is 949 g/mol. The molecule has 0 aliphatic carbocycles. The van der Waals surface area contributed by atoms with Gasteiger partial charge in [0, 0.05) is 48.7 Å². The van der Waals surface area contributed by atoms with Crippen molar-refractivity contribution in [1.82, 2.24) is 15.0 Å². The molecule has 3 nitrogen and oxygen atoms in total. The Balaban J connectivity index is 1.16. The first-order valence-electron chi connectivity index (χ1n) is 19.1. The number of pyridine rings is 3. The summed E-state index contributed by atoms with van der Waals surface area (Å²) < 4.78 is 3.02. The maximum Gasteiger partial charge on any atom is 0.0702 e. The molecule has 0 saturated heterocycles. The van der Waals surface area contributed by atoms with Crippen molar-refractivity contribution in [3.05, 3.63) is 219 Å². The van der Waals surface area contributed by atoms with Gasteiger partial charge in [-0.15, -0.1) is 0 Å². The molecule has 6 heteroatoms. The molecule has 0 aliphatic rings. The van der Waals surface area contributed by atoms with Crippen molar-refractivity contribution in [2.24, 2.45) is 0 Å². The van der Waals surface area contributed by atoms with E-state index in [4.69, 9.17) is 0 Å². The van der Waals surface area contributed by atoms with E-state index < -0.39 is 0 Å². The fourth-order valence-electron chi connectivity index (χ4n) is 7.39. The van der Waals surface area contributed by atoms with Gasteiger partial charge in [-0.1, -0.05) is 163 Å². The number of benzene rings is 6. The number of hydrogen-bond donors (Lipinski definition) is 0. The summed E-state index contributed by atoms with van der Waals surface area (Å²) in [6.07, 6.45) is 9.86. The molecule has 9 rings (SSSR count). The Kier molecular flexibility index (Phi) is 11.4. The van der Waals surface area contributed by atoms with E-state index in [1.165, 1.54) is 0 Å². The van der Waals surface area contributed by atoms with Gasteiger partial charge < -0.3 is 0 Å². The average molecular weight is 953 g/mol. The molecule has 0 fully saturated rings. The predicted octanol–water partition coefficient (Wildman–Crippen LogP) is 16.0. The van der Waals surface area contributed by atoms with Crippen molar-refractivity contribution in [1.29, 1.82) is 0 Å². The van der Waals surface area contributed by atoms with Crippen LogP contribution < -0.4 is 0 Å². The van der Waals surface area contributed by atoms with Gasteiger partial charge in [0.05, 0.1) is 17.1 Å². The van der Waals surface area contributed by atoms with Crippen LogP contribution in [0.5, 0.6) is 0 Å². The van der Waals surface area contributed by atoms with Crippen LogP contribution >= 0.6 is 47.8 Å². The molecule has 0 aliphatic heterocycles. The standard InChI is InChI=1S/C53H34Br3N3/c54-48-32-37(51-15-5-8-26-57-51)21-20-36(48)19-18-35-29-40(42-11-1-3-13-44(42)46-24-22-38(33-49(46)55)52-16-6-9-27-58-52)31-41(30-35)43-12-2-4-14-45(43)47-25-23-39(34-50(47)56)53-17-7-10-28-59-53/h1-34H/b19-18-. The molecule has 0 bridgehead atoms. The summed E-state index contributed by atoms with van der Waals surface area (Å²) >= 11 is 11.7. The minimum atomic E-state index is 0.937. The van der Waals surface area contributed by atoms with Gasteiger partial charge in [-0.3, -0.25) is 15.0 Å². The minimum Gasteiger partial charge on any atom is -0.256 e. The summed E-state index contributed by atoms with van der Waals surface area (Å²) in [7, 11) is 0. The van der Waals surface area contributed by atoms with Gasteiger partial charge in [0.2, 0.25) is 0 Å². The van der Waals surface area contributed by atoms with Gasteiger partial charge >= 0.3 is 0 Å². The van der Waals surface area contributed by atoms with Crippen LogP contribution in [0.15, 0.2) is 208 Å². The molecule has 0 saturated carbocycles. The van der Waals surface area contributed by atoms with Gasteiger partial charge in [-0.25, -0.2) is 0 Å². The van der Waals surface area contributed by atoms with Crippen LogP contribution in [-0.4, -0.2) is 15.0 Å². The lowest BCUT2D eigenvalue weighted by molar-refractivity contribution is 1.32. The van der Waals surface area contributed by atoms with E-state index in [1.807, 2.05) is 73.2 Å². The third kappa shape index (κ3) is 8.44. The summed E-state index contributed by atoms with van der Waals surface area (Å²) in [5, 5.41) is 0. The summed E-state index contributed by atoms with van der Waals surface area (Å²) in [5.74, 6) is 0. The third-order valence-electron chi connectivity index (χ3n) is 10.3. The second kappa shape index (κ2) is 17.4. The average Bonchev–Trinajstić information content (AvgIpc) is 3.29. The number of halogens is 3. The van der Waals surface area contributed by atoms with Crippen LogP contribution in [0.3, 0.4) is 0 Å². The van der Waals surface area contributed by atoms with Gasteiger partial charge in [-0.05, 0) is 128 Å². The molecule has 282 valence electrons. The highest BCUT2D eigenvalue weighted by Gasteiger charge is 2.16. The highest BCUT2D eigenvalue weighted by Crippen LogP contribution is 2.42. The second-order valence-corrected chi connectivity index (χ2v) is 16.6. The topological polar surface area (TPSA) is 38.7 Å². The Morgan fingerprint density at radius 1 is 0.305 bits per heavy atom. The Morgan fingerprint density at radius 3 is 1.12 bits per heavy atom. The number of nitrogens with zero attached hydrogens (tertiary/aromatic N) is 3. The van der Waals surface area contributed by atoms with Crippen molar-refractivity contribution >= 4 is 59.9 Å². The van der Waals surface area contributed by atoms with Crippen molar-refractivity contribution in [2.75, 3.05) is 0 Å². The van der Waals surface area contributed by atoms with Crippen molar-refractivity contribution in [3.63, 3.8) is 0 Å². The highest BCUT2D eigenvalue weighted by atomic mass is 79.9. The first-order chi connectivity index (χ1) is 29.0. The Bertz CT molecular complexity index is 2820. The van der Waals surface area contributed by atoms with Crippen LogP contribution in [0.1, 0.15) is 11.1 Å². The molecule has 0 atom stereocenters. The predicted molar refractivity (Wildman–Crippen MR) is 256 cm³/mol. The zero-order valence-electron chi connectivity index (χ0n) is 31.6. The molecule has 3 heterocycles. The van der Waals surface area contributed by atoms with E-state index in [0.29, 0.717) is 0 Å². The molecule has 0 radical (unpaired) electrons. The van der Waals surface area contributed by atoms with Crippen molar-refractivity contribution < 1.29 is 0 Å². The SMILES string of the molecule is Brc1cc(-c2ccccn2)ccc1/C=C\c1cc(-c2ccccc2-c2ccc(-c3ccccn3)cc2Br)cc(-c2ccccc2-c2ccc(-c3ccccn3)cc2Br)c1. The first kappa shape index (κ1) is 38.5. The van der Waals surface area contributed by atoms with Crippen LogP contribution in [-0.2, 0) is 0 Å². The molecule has 9 aromatic rings. The Labute approximate surface area is 369 Å².